The number of aryl methyl sites for hydroxylation is 4. The van der Waals surface area contributed by atoms with Gasteiger partial charge in [-0.25, -0.2) is 0 Å². The minimum atomic E-state index is -0.773. The van der Waals surface area contributed by atoms with E-state index in [1.54, 1.807) is 12.2 Å². The lowest BCUT2D eigenvalue weighted by molar-refractivity contribution is 0.666. The predicted molar refractivity (Wildman–Crippen MR) is 399 cm³/mol. The molecule has 0 fully saturated rings. The Morgan fingerprint density at radius 2 is 0.646 bits per heavy atom. The molecule has 0 N–H and O–H groups in total. The lowest BCUT2D eigenvalue weighted by atomic mass is 9.65. The van der Waals surface area contributed by atoms with Crippen LogP contribution in [0.4, 0.5) is 0 Å². The number of nitrogens with zero attached hydrogens (tertiary/aromatic N) is 8. The lowest BCUT2D eigenvalue weighted by Crippen LogP contribution is -2.30. The Balaban J connectivity index is 1.10. The van der Waals surface area contributed by atoms with Crippen LogP contribution in [0.5, 0.6) is 0 Å². The van der Waals surface area contributed by atoms with Gasteiger partial charge in [0.2, 0.25) is 0 Å². The zero-order chi connectivity index (χ0) is 66.2. The molecule has 0 atom stereocenters. The van der Waals surface area contributed by atoms with Crippen molar-refractivity contribution < 1.29 is 0 Å². The van der Waals surface area contributed by atoms with E-state index in [9.17, 15) is 21.0 Å². The van der Waals surface area contributed by atoms with Crippen LogP contribution in [0.2, 0.25) is 0 Å². The molecule has 8 nitrogen and oxygen atoms in total. The number of thiophene rings is 2. The van der Waals surface area contributed by atoms with Gasteiger partial charge in [0.15, 0.2) is 0 Å². The van der Waals surface area contributed by atoms with E-state index in [2.05, 4.69) is 185 Å². The van der Waals surface area contributed by atoms with Crippen LogP contribution in [0.3, 0.4) is 0 Å². The van der Waals surface area contributed by atoms with E-state index in [1.807, 2.05) is 34.8 Å². The molecular weight excluding hydrogens is 1250 g/mol. The Labute approximate surface area is 582 Å². The van der Waals surface area contributed by atoms with Crippen LogP contribution in [0.15, 0.2) is 157 Å². The summed E-state index contributed by atoms with van der Waals surface area (Å²) in [6, 6.07) is 65.0. The third-order valence-corrected chi connectivity index (χ3v) is 23.5. The van der Waals surface area contributed by atoms with Crippen molar-refractivity contribution in [2.45, 2.75) is 167 Å². The Kier molecular flexibility index (Phi) is 20.2. The summed E-state index contributed by atoms with van der Waals surface area (Å²) in [6.07, 6.45) is 26.5. The molecule has 0 saturated carbocycles. The first-order valence-electron chi connectivity index (χ1n) is 34.6. The maximum atomic E-state index is 9.88. The van der Waals surface area contributed by atoms with Gasteiger partial charge in [0, 0.05) is 41.8 Å². The predicted octanol–water partition coefficient (Wildman–Crippen LogP) is 23.2. The number of aromatic nitrogens is 4. The summed E-state index contributed by atoms with van der Waals surface area (Å²) in [4.78, 5) is 4.57. The monoisotopic (exact) mass is 1330 g/mol. The Bertz CT molecular complexity index is 4420. The molecule has 7 aromatic carbocycles. The highest BCUT2D eigenvalue weighted by Gasteiger charge is 2.53. The van der Waals surface area contributed by atoms with Gasteiger partial charge in [-0.15, -0.1) is 22.7 Å². The number of hydrogen-bond donors (Lipinski definition) is 0. The van der Waals surface area contributed by atoms with Gasteiger partial charge in [-0.05, 0) is 166 Å². The van der Waals surface area contributed by atoms with E-state index in [4.69, 9.17) is 17.5 Å². The largest absolute Gasteiger partial charge is 0.192 e. The van der Waals surface area contributed by atoms with E-state index in [1.165, 1.54) is 165 Å². The Morgan fingerprint density at radius 1 is 0.344 bits per heavy atom. The van der Waals surface area contributed by atoms with Gasteiger partial charge in [-0.3, -0.25) is 0 Å². The van der Waals surface area contributed by atoms with Crippen molar-refractivity contribution in [3.63, 3.8) is 0 Å². The first kappa shape index (κ1) is 65.7. The van der Waals surface area contributed by atoms with E-state index < -0.39 is 10.8 Å². The third-order valence-electron chi connectivity index (χ3n) is 20.1. The lowest BCUT2D eigenvalue weighted by Gasteiger charge is -2.36. The van der Waals surface area contributed by atoms with Crippen molar-refractivity contribution in [2.24, 2.45) is 0 Å². The number of allylic oxidation sites excluding steroid dienone is 2. The summed E-state index contributed by atoms with van der Waals surface area (Å²) in [7, 11) is 0. The molecule has 2 aliphatic rings. The number of benzene rings is 7. The van der Waals surface area contributed by atoms with Crippen molar-refractivity contribution in [2.75, 3.05) is 0 Å². The number of hydrogen-bond acceptors (Lipinski definition) is 12. The van der Waals surface area contributed by atoms with Gasteiger partial charge in [0.05, 0.1) is 34.3 Å². The van der Waals surface area contributed by atoms with Crippen LogP contribution < -0.4 is 0 Å². The number of unbranched alkanes of at least 4 members (excludes halogenated alkanes) is 12. The smallest absolute Gasteiger partial charge is 0.130 e. The van der Waals surface area contributed by atoms with Crippen LogP contribution in [0.1, 0.15) is 208 Å². The van der Waals surface area contributed by atoms with Gasteiger partial charge < -0.3 is 0 Å². The molecule has 0 radical (unpaired) electrons. The molecule has 12 heteroatoms. The third kappa shape index (κ3) is 12.3. The van der Waals surface area contributed by atoms with Gasteiger partial charge in [0.1, 0.15) is 57.5 Å². The SMILES string of the molecule is CCCCCCc1ccc(C2(c3ccc(CCCCCC)cc3)c3cc4c(cc3-c3sc(-c5ccc(C=C(C#N)C#N)c6nsnc56)cc32)C(c2ccc(CCCCCC)cc2)(c2ccc(CCCCCC)cc2)c2cc(-c3ccc(C=C(C#N)C#N)c5nsnc35)sc2-4)cc1. The maximum absolute atomic E-state index is 9.88. The molecule has 0 aliphatic heterocycles. The summed E-state index contributed by atoms with van der Waals surface area (Å²) in [5.41, 5.74) is 22.2. The fraction of sp³-hybridized carbons (Fsp3) is 0.310. The average Bonchev–Trinajstić information content (AvgIpc) is 1.50. The highest BCUT2D eigenvalue weighted by molar-refractivity contribution is 7.20. The van der Waals surface area contributed by atoms with Crippen LogP contribution in [-0.4, -0.2) is 17.5 Å². The molecule has 4 heterocycles. The summed E-state index contributed by atoms with van der Waals surface area (Å²) >= 11 is 5.94. The van der Waals surface area contributed by atoms with Crippen molar-refractivity contribution in [1.29, 1.82) is 21.0 Å². The van der Waals surface area contributed by atoms with Crippen molar-refractivity contribution in [3.8, 4) is 66.0 Å². The van der Waals surface area contributed by atoms with Gasteiger partial charge >= 0.3 is 0 Å². The Morgan fingerprint density at radius 3 is 0.938 bits per heavy atom. The van der Waals surface area contributed by atoms with Crippen LogP contribution in [-0.2, 0) is 36.5 Å². The molecule has 478 valence electrons. The van der Waals surface area contributed by atoms with Gasteiger partial charge in [0.25, 0.3) is 0 Å². The molecule has 0 unspecified atom stereocenters. The molecule has 2 aliphatic carbocycles. The maximum Gasteiger partial charge on any atom is 0.130 e. The number of nitriles is 4. The topological polar surface area (TPSA) is 147 Å². The van der Waals surface area contributed by atoms with Crippen LogP contribution >= 0.6 is 46.1 Å². The molecule has 0 saturated heterocycles. The fourth-order valence-corrected chi connectivity index (χ4v) is 18.8. The first-order chi connectivity index (χ1) is 47.2. The van der Waals surface area contributed by atoms with E-state index in [-0.39, 0.29) is 11.1 Å². The highest BCUT2D eigenvalue weighted by atomic mass is 32.1. The molecule has 0 amide bonds. The van der Waals surface area contributed by atoms with E-state index in [0.29, 0.717) is 22.2 Å². The highest BCUT2D eigenvalue weighted by Crippen LogP contribution is 2.66. The zero-order valence-corrected chi connectivity index (χ0v) is 58.6. The minimum Gasteiger partial charge on any atom is -0.192 e. The zero-order valence-electron chi connectivity index (χ0n) is 55.4. The van der Waals surface area contributed by atoms with Gasteiger partial charge in [-0.2, -0.15) is 38.5 Å². The standard InChI is InChI=1S/C84H78N8S4/c1-5-9-13-17-21-55-25-35-63(36-26-55)83(64-37-27-56(28-38-64)22-18-14-10-6-2)71-47-70-72(48-69(71)81-73(83)49-75(93-81)67-43-33-61(45-59(51-85)52-86)77-79(67)91-95-89-77)84(65-39-29-57(30-40-65)23-19-15-11-7-3,66-41-31-58(32-42-66)24-20-16-12-8-4)74-50-76(94-82(70)74)68-44-34-62(46-60(53-87)54-88)78-80(68)92-96-90-78/h25-50H,5-24H2,1-4H3. The van der Waals surface area contributed by atoms with Gasteiger partial charge in [-0.1, -0.05) is 226 Å². The summed E-state index contributed by atoms with van der Waals surface area (Å²) in [5.74, 6) is 0. The van der Waals surface area contributed by atoms with Crippen LogP contribution in [0, 0.1) is 45.3 Å². The molecule has 96 heavy (non-hydrogen) atoms. The molecule has 0 bridgehead atoms. The quantitative estimate of drug-likeness (QED) is 0.0348. The average molecular weight is 1330 g/mol. The molecule has 11 aromatic rings. The molecule has 4 aromatic heterocycles. The molecule has 13 rings (SSSR count). The Hall–Kier alpha value is -8.98. The van der Waals surface area contributed by atoms with Crippen LogP contribution in [0.25, 0.3) is 76.0 Å². The second kappa shape index (κ2) is 29.6. The van der Waals surface area contributed by atoms with Crippen molar-refractivity contribution in [1.82, 2.24) is 17.5 Å². The second-order valence-corrected chi connectivity index (χ2v) is 29.2. The van der Waals surface area contributed by atoms with E-state index in [0.717, 1.165) is 107 Å². The molecule has 0 spiro atoms. The summed E-state index contributed by atoms with van der Waals surface area (Å²) in [5, 5.41) is 39.5. The number of fused-ring (bicyclic) bond motifs is 8. The second-order valence-electron chi connectivity index (χ2n) is 26.1. The number of rotatable bonds is 28. The fourth-order valence-electron chi connectivity index (χ4n) is 15.1. The van der Waals surface area contributed by atoms with Crippen molar-refractivity contribution >= 4 is 80.3 Å². The summed E-state index contributed by atoms with van der Waals surface area (Å²) < 4.78 is 19.6. The van der Waals surface area contributed by atoms with Crippen molar-refractivity contribution in [3.05, 3.63) is 235 Å². The summed E-state index contributed by atoms with van der Waals surface area (Å²) in [6.45, 7) is 9.10. The minimum absolute atomic E-state index is 0.0166. The molecular formula is C84H78N8S4. The van der Waals surface area contributed by atoms with E-state index >= 15 is 0 Å². The normalized spacial score (nSPS) is 12.9. The first-order valence-corrected chi connectivity index (χ1v) is 37.7.